The summed E-state index contributed by atoms with van der Waals surface area (Å²) in [6.45, 7) is 2.91. The minimum atomic E-state index is -4.42. The zero-order chi connectivity index (χ0) is 19.6. The molecule has 1 aromatic carbocycles. The van der Waals surface area contributed by atoms with E-state index in [4.69, 9.17) is 0 Å². The van der Waals surface area contributed by atoms with Gasteiger partial charge in [0.25, 0.3) is 0 Å². The Labute approximate surface area is 155 Å². The summed E-state index contributed by atoms with van der Waals surface area (Å²) in [5.74, 6) is 0.0337. The minimum absolute atomic E-state index is 0.181. The topological polar surface area (TPSA) is 57.0 Å². The van der Waals surface area contributed by atoms with E-state index in [1.807, 2.05) is 11.8 Å². The fourth-order valence-electron chi connectivity index (χ4n) is 3.31. The van der Waals surface area contributed by atoms with Crippen LogP contribution in [0.1, 0.15) is 40.0 Å². The first kappa shape index (κ1) is 18.9. The lowest BCUT2D eigenvalue weighted by Crippen LogP contribution is -2.39. The van der Waals surface area contributed by atoms with Crippen LogP contribution in [0.5, 0.6) is 0 Å². The summed E-state index contributed by atoms with van der Waals surface area (Å²) in [4.78, 5) is 19.1. The van der Waals surface area contributed by atoms with Gasteiger partial charge in [0.05, 0.1) is 11.1 Å². The molecule has 2 heterocycles. The molecule has 1 saturated heterocycles. The number of aryl methyl sites for hydroxylation is 1. The predicted molar refractivity (Wildman–Crippen MR) is 94.4 cm³/mol. The fraction of sp³-hybridized carbons (Fsp3) is 0.350. The largest absolute Gasteiger partial charge is 0.416 e. The molecule has 2 aromatic rings. The predicted octanol–water partition coefficient (Wildman–Crippen LogP) is 4.38. The van der Waals surface area contributed by atoms with Crippen LogP contribution in [0.3, 0.4) is 0 Å². The van der Waals surface area contributed by atoms with Gasteiger partial charge in [-0.2, -0.15) is 18.4 Å². The SMILES string of the molecule is Cc1ccc(C#N)c(N2CCC[C@H](C(=O)c3ccc(C(F)(F)F)cc3)C2)n1. The van der Waals surface area contributed by atoms with E-state index in [1.165, 1.54) is 12.1 Å². The number of hydrogen-bond donors (Lipinski definition) is 0. The maximum Gasteiger partial charge on any atom is 0.416 e. The Balaban J connectivity index is 1.79. The quantitative estimate of drug-likeness (QED) is 0.749. The van der Waals surface area contributed by atoms with Gasteiger partial charge in [-0.25, -0.2) is 4.98 Å². The monoisotopic (exact) mass is 373 g/mol. The Morgan fingerprint density at radius 2 is 1.93 bits per heavy atom. The molecule has 0 N–H and O–H groups in total. The van der Waals surface area contributed by atoms with Crippen LogP contribution >= 0.6 is 0 Å². The number of nitriles is 1. The van der Waals surface area contributed by atoms with Gasteiger partial charge in [-0.3, -0.25) is 4.79 Å². The molecular formula is C20H18F3N3O. The van der Waals surface area contributed by atoms with E-state index >= 15 is 0 Å². The van der Waals surface area contributed by atoms with Gasteiger partial charge in [-0.05, 0) is 44.0 Å². The lowest BCUT2D eigenvalue weighted by molar-refractivity contribution is -0.137. The first-order chi connectivity index (χ1) is 12.8. The number of piperidine rings is 1. The van der Waals surface area contributed by atoms with Gasteiger partial charge >= 0.3 is 6.18 Å². The zero-order valence-electron chi connectivity index (χ0n) is 14.8. The highest BCUT2D eigenvalue weighted by Crippen LogP contribution is 2.30. The molecule has 0 saturated carbocycles. The van der Waals surface area contributed by atoms with E-state index in [2.05, 4.69) is 11.1 Å². The summed E-state index contributed by atoms with van der Waals surface area (Å²) in [7, 11) is 0. The van der Waals surface area contributed by atoms with Crippen molar-refractivity contribution in [3.8, 4) is 6.07 Å². The first-order valence-electron chi connectivity index (χ1n) is 8.64. The number of carbonyl (C=O) groups is 1. The summed E-state index contributed by atoms with van der Waals surface area (Å²) in [5.41, 5.74) is 0.725. The second-order valence-corrected chi connectivity index (χ2v) is 6.66. The molecule has 3 rings (SSSR count). The lowest BCUT2D eigenvalue weighted by atomic mass is 9.89. The summed E-state index contributed by atoms with van der Waals surface area (Å²) in [5, 5.41) is 9.31. The molecule has 0 unspecified atom stereocenters. The highest BCUT2D eigenvalue weighted by atomic mass is 19.4. The Morgan fingerprint density at radius 1 is 1.22 bits per heavy atom. The smallest absolute Gasteiger partial charge is 0.355 e. The molecular weight excluding hydrogens is 355 g/mol. The molecule has 1 aromatic heterocycles. The highest BCUT2D eigenvalue weighted by Gasteiger charge is 2.32. The Kier molecular flexibility index (Phi) is 5.17. The van der Waals surface area contributed by atoms with Crippen molar-refractivity contribution < 1.29 is 18.0 Å². The Bertz CT molecular complexity index is 885. The number of nitrogens with zero attached hydrogens (tertiary/aromatic N) is 3. The van der Waals surface area contributed by atoms with Crippen molar-refractivity contribution in [3.63, 3.8) is 0 Å². The number of Topliss-reactive ketones (excluding diaryl/α,β-unsaturated/α-hetero) is 1. The van der Waals surface area contributed by atoms with Crippen LogP contribution in [0.2, 0.25) is 0 Å². The molecule has 1 aliphatic rings. The van der Waals surface area contributed by atoms with Crippen LogP contribution in [0.4, 0.5) is 19.0 Å². The van der Waals surface area contributed by atoms with Crippen molar-refractivity contribution in [2.75, 3.05) is 18.0 Å². The second kappa shape index (κ2) is 7.39. The molecule has 27 heavy (non-hydrogen) atoms. The van der Waals surface area contributed by atoms with Crippen LogP contribution in [0.15, 0.2) is 36.4 Å². The third-order valence-electron chi connectivity index (χ3n) is 4.72. The van der Waals surface area contributed by atoms with E-state index in [-0.39, 0.29) is 17.3 Å². The van der Waals surface area contributed by atoms with Gasteiger partial charge in [-0.1, -0.05) is 12.1 Å². The van der Waals surface area contributed by atoms with Crippen molar-refractivity contribution in [1.29, 1.82) is 5.26 Å². The van der Waals surface area contributed by atoms with Gasteiger partial charge < -0.3 is 4.90 Å². The number of anilines is 1. The van der Waals surface area contributed by atoms with E-state index in [0.29, 0.717) is 30.9 Å². The van der Waals surface area contributed by atoms with Crippen molar-refractivity contribution >= 4 is 11.6 Å². The maximum absolute atomic E-state index is 12.8. The maximum atomic E-state index is 12.8. The number of halogens is 3. The number of ketones is 1. The van der Waals surface area contributed by atoms with Crippen LogP contribution in [-0.4, -0.2) is 23.9 Å². The van der Waals surface area contributed by atoms with Crippen molar-refractivity contribution in [3.05, 3.63) is 58.8 Å². The van der Waals surface area contributed by atoms with Crippen molar-refractivity contribution in [2.24, 2.45) is 5.92 Å². The number of benzene rings is 1. The average Bonchev–Trinajstić information content (AvgIpc) is 2.67. The molecule has 0 amide bonds. The van der Waals surface area contributed by atoms with E-state index < -0.39 is 11.7 Å². The number of pyridine rings is 1. The average molecular weight is 373 g/mol. The number of hydrogen-bond acceptors (Lipinski definition) is 4. The minimum Gasteiger partial charge on any atom is -0.355 e. The summed E-state index contributed by atoms with van der Waals surface area (Å²) < 4.78 is 38.1. The molecule has 0 radical (unpaired) electrons. The lowest BCUT2D eigenvalue weighted by Gasteiger charge is -2.33. The molecule has 1 fully saturated rings. The summed E-state index contributed by atoms with van der Waals surface area (Å²) in [6, 6.07) is 9.92. The van der Waals surface area contributed by atoms with Gasteiger partial charge in [0, 0.05) is 30.3 Å². The zero-order valence-corrected chi connectivity index (χ0v) is 14.8. The van der Waals surface area contributed by atoms with Gasteiger partial charge in [0.15, 0.2) is 5.78 Å². The highest BCUT2D eigenvalue weighted by molar-refractivity contribution is 5.98. The molecule has 4 nitrogen and oxygen atoms in total. The van der Waals surface area contributed by atoms with Crippen LogP contribution in [-0.2, 0) is 6.18 Å². The molecule has 0 aliphatic carbocycles. The summed E-state index contributed by atoms with van der Waals surface area (Å²) >= 11 is 0. The van der Waals surface area contributed by atoms with E-state index in [1.54, 1.807) is 12.1 Å². The molecule has 0 spiro atoms. The fourth-order valence-corrected chi connectivity index (χ4v) is 3.31. The van der Waals surface area contributed by atoms with E-state index in [0.717, 1.165) is 24.2 Å². The first-order valence-corrected chi connectivity index (χ1v) is 8.64. The van der Waals surface area contributed by atoms with Gasteiger partial charge in [0.1, 0.15) is 11.9 Å². The number of aromatic nitrogens is 1. The molecule has 1 aliphatic heterocycles. The Hall–Kier alpha value is -2.88. The Morgan fingerprint density at radius 3 is 2.56 bits per heavy atom. The normalized spacial score (nSPS) is 17.4. The van der Waals surface area contributed by atoms with Crippen LogP contribution < -0.4 is 4.90 Å². The van der Waals surface area contributed by atoms with Gasteiger partial charge in [0.2, 0.25) is 0 Å². The summed E-state index contributed by atoms with van der Waals surface area (Å²) in [6.07, 6.45) is -3.02. The third kappa shape index (κ3) is 4.11. The standard InChI is InChI=1S/C20H18F3N3O/c1-13-4-5-15(11-24)19(25-13)26-10-2-3-16(12-26)18(27)14-6-8-17(9-7-14)20(21,22)23/h4-9,16H,2-3,10,12H2,1H3/t16-/m0/s1. The van der Waals surface area contributed by atoms with Crippen molar-refractivity contribution in [1.82, 2.24) is 4.98 Å². The van der Waals surface area contributed by atoms with E-state index in [9.17, 15) is 23.2 Å². The number of alkyl halides is 3. The number of rotatable bonds is 3. The second-order valence-electron chi connectivity index (χ2n) is 6.66. The van der Waals surface area contributed by atoms with Crippen LogP contribution in [0, 0.1) is 24.2 Å². The molecule has 7 heteroatoms. The van der Waals surface area contributed by atoms with Crippen LogP contribution in [0.25, 0.3) is 0 Å². The molecule has 1 atom stereocenters. The van der Waals surface area contributed by atoms with Gasteiger partial charge in [-0.15, -0.1) is 0 Å². The molecule has 140 valence electrons. The molecule has 0 bridgehead atoms. The van der Waals surface area contributed by atoms with Crippen molar-refractivity contribution in [2.45, 2.75) is 25.9 Å². The third-order valence-corrected chi connectivity index (χ3v) is 4.72. The number of carbonyl (C=O) groups excluding carboxylic acids is 1.